The van der Waals surface area contributed by atoms with Gasteiger partial charge in [-0.25, -0.2) is 0 Å². The van der Waals surface area contributed by atoms with Crippen LogP contribution in [0.15, 0.2) is 36.4 Å². The fourth-order valence-corrected chi connectivity index (χ4v) is 3.14. The zero-order valence-electron chi connectivity index (χ0n) is 13.8. The van der Waals surface area contributed by atoms with Crippen molar-refractivity contribution >= 4 is 5.69 Å². The summed E-state index contributed by atoms with van der Waals surface area (Å²) in [5.41, 5.74) is 3.34. The molecule has 24 heavy (non-hydrogen) atoms. The molecule has 3 rings (SSSR count). The molecule has 2 aromatic rings. The summed E-state index contributed by atoms with van der Waals surface area (Å²) < 4.78 is 10.5. The van der Waals surface area contributed by atoms with Crippen LogP contribution in [-0.2, 0) is 19.5 Å². The van der Waals surface area contributed by atoms with E-state index < -0.39 is 0 Å². The van der Waals surface area contributed by atoms with Gasteiger partial charge in [0.25, 0.3) is 5.69 Å². The second-order valence-electron chi connectivity index (χ2n) is 5.82. The van der Waals surface area contributed by atoms with Crippen LogP contribution in [0, 0.1) is 10.1 Å². The van der Waals surface area contributed by atoms with Crippen LogP contribution in [0.1, 0.15) is 16.7 Å². The number of hydrogen-bond acceptors (Lipinski definition) is 5. The molecule has 1 heterocycles. The van der Waals surface area contributed by atoms with Crippen molar-refractivity contribution in [1.82, 2.24) is 4.90 Å². The Balaban J connectivity index is 1.88. The number of hydrogen-bond donors (Lipinski definition) is 0. The quantitative estimate of drug-likeness (QED) is 0.623. The molecule has 0 N–H and O–H groups in total. The number of nitro groups is 1. The van der Waals surface area contributed by atoms with Gasteiger partial charge in [0.15, 0.2) is 11.5 Å². The van der Waals surface area contributed by atoms with Gasteiger partial charge < -0.3 is 9.47 Å². The topological polar surface area (TPSA) is 64.8 Å². The van der Waals surface area contributed by atoms with Crippen molar-refractivity contribution in [3.05, 3.63) is 63.2 Å². The molecule has 0 saturated heterocycles. The minimum absolute atomic E-state index is 0.0616. The Kier molecular flexibility index (Phi) is 4.66. The number of methoxy groups -OCH3 is 2. The van der Waals surface area contributed by atoms with Crippen LogP contribution >= 0.6 is 0 Å². The van der Waals surface area contributed by atoms with E-state index in [1.165, 1.54) is 31.4 Å². The first-order valence-corrected chi connectivity index (χ1v) is 7.80. The summed E-state index contributed by atoms with van der Waals surface area (Å²) in [7, 11) is 3.01. The average molecular weight is 328 g/mol. The summed E-state index contributed by atoms with van der Waals surface area (Å²) in [6.07, 6.45) is 0.956. The molecule has 126 valence electrons. The normalized spacial score (nSPS) is 14.1. The molecule has 6 heteroatoms. The first-order chi connectivity index (χ1) is 11.6. The van der Waals surface area contributed by atoms with Gasteiger partial charge in [0.2, 0.25) is 0 Å². The van der Waals surface area contributed by atoms with E-state index in [9.17, 15) is 10.1 Å². The third-order valence-electron chi connectivity index (χ3n) is 4.39. The molecular formula is C18H20N2O4. The van der Waals surface area contributed by atoms with E-state index in [0.717, 1.165) is 19.5 Å². The minimum atomic E-state index is -0.366. The Morgan fingerprint density at radius 1 is 1.12 bits per heavy atom. The third kappa shape index (κ3) is 3.19. The van der Waals surface area contributed by atoms with Crippen molar-refractivity contribution in [2.75, 3.05) is 20.8 Å². The van der Waals surface area contributed by atoms with Crippen molar-refractivity contribution in [2.45, 2.75) is 19.5 Å². The monoisotopic (exact) mass is 328 g/mol. The van der Waals surface area contributed by atoms with E-state index in [-0.39, 0.29) is 10.6 Å². The molecule has 0 radical (unpaired) electrons. The van der Waals surface area contributed by atoms with Crippen LogP contribution in [0.2, 0.25) is 0 Å². The van der Waals surface area contributed by atoms with Gasteiger partial charge in [-0.1, -0.05) is 24.3 Å². The molecular weight excluding hydrogens is 308 g/mol. The van der Waals surface area contributed by atoms with Crippen molar-refractivity contribution in [3.63, 3.8) is 0 Å². The van der Waals surface area contributed by atoms with E-state index in [2.05, 4.69) is 17.0 Å². The zero-order valence-corrected chi connectivity index (χ0v) is 13.8. The van der Waals surface area contributed by atoms with Gasteiger partial charge in [-0.05, 0) is 23.6 Å². The van der Waals surface area contributed by atoms with Crippen LogP contribution < -0.4 is 9.47 Å². The molecule has 0 unspecified atom stereocenters. The lowest BCUT2D eigenvalue weighted by Gasteiger charge is -2.28. The average Bonchev–Trinajstić information content (AvgIpc) is 2.61. The van der Waals surface area contributed by atoms with Crippen molar-refractivity contribution in [3.8, 4) is 11.5 Å². The molecule has 6 nitrogen and oxygen atoms in total. The number of benzene rings is 2. The van der Waals surface area contributed by atoms with Crippen molar-refractivity contribution in [2.24, 2.45) is 0 Å². The van der Waals surface area contributed by atoms with Crippen LogP contribution in [0.4, 0.5) is 5.69 Å². The Morgan fingerprint density at radius 2 is 1.79 bits per heavy atom. The van der Waals surface area contributed by atoms with E-state index in [1.807, 2.05) is 12.1 Å². The summed E-state index contributed by atoms with van der Waals surface area (Å²) in [4.78, 5) is 13.3. The van der Waals surface area contributed by atoms with Crippen LogP contribution in [0.3, 0.4) is 0 Å². The minimum Gasteiger partial charge on any atom is -0.493 e. The van der Waals surface area contributed by atoms with E-state index in [0.29, 0.717) is 23.6 Å². The lowest BCUT2D eigenvalue weighted by molar-refractivity contribution is -0.385. The molecule has 0 amide bonds. The van der Waals surface area contributed by atoms with Gasteiger partial charge in [-0.2, -0.15) is 0 Å². The molecule has 0 aromatic heterocycles. The van der Waals surface area contributed by atoms with E-state index in [1.54, 1.807) is 6.07 Å². The predicted octanol–water partition coefficient (Wildman–Crippen LogP) is 3.17. The fourth-order valence-electron chi connectivity index (χ4n) is 3.14. The molecule has 0 aliphatic carbocycles. The van der Waals surface area contributed by atoms with Gasteiger partial charge in [0.05, 0.1) is 25.2 Å². The molecule has 0 bridgehead atoms. The number of nitrogens with zero attached hydrogens (tertiary/aromatic N) is 2. The number of nitro benzene ring substituents is 1. The summed E-state index contributed by atoms with van der Waals surface area (Å²) >= 11 is 0. The van der Waals surface area contributed by atoms with E-state index in [4.69, 9.17) is 9.47 Å². The maximum Gasteiger partial charge on any atom is 0.277 e. The highest BCUT2D eigenvalue weighted by atomic mass is 16.6. The molecule has 1 aliphatic rings. The summed E-state index contributed by atoms with van der Waals surface area (Å²) in [5.74, 6) is 0.882. The second kappa shape index (κ2) is 6.88. The van der Waals surface area contributed by atoms with Gasteiger partial charge in [0.1, 0.15) is 0 Å². The summed E-state index contributed by atoms with van der Waals surface area (Å²) in [5, 5.41) is 11.4. The van der Waals surface area contributed by atoms with E-state index >= 15 is 0 Å². The Morgan fingerprint density at radius 3 is 2.46 bits per heavy atom. The third-order valence-corrected chi connectivity index (χ3v) is 4.39. The highest BCUT2D eigenvalue weighted by molar-refractivity contribution is 5.54. The smallest absolute Gasteiger partial charge is 0.277 e. The van der Waals surface area contributed by atoms with Gasteiger partial charge in [0, 0.05) is 25.2 Å². The maximum absolute atomic E-state index is 11.4. The SMILES string of the molecule is COc1cc(CN2CCc3ccccc3C2)c([N+](=O)[O-])cc1OC. The lowest BCUT2D eigenvalue weighted by Crippen LogP contribution is -2.30. The summed E-state index contributed by atoms with van der Waals surface area (Å²) in [6, 6.07) is 11.5. The lowest BCUT2D eigenvalue weighted by atomic mass is 9.99. The highest BCUT2D eigenvalue weighted by Crippen LogP contribution is 2.35. The van der Waals surface area contributed by atoms with Gasteiger partial charge in [-0.15, -0.1) is 0 Å². The maximum atomic E-state index is 11.4. The molecule has 2 aromatic carbocycles. The predicted molar refractivity (Wildman–Crippen MR) is 90.5 cm³/mol. The largest absolute Gasteiger partial charge is 0.493 e. The number of ether oxygens (including phenoxy) is 2. The van der Waals surface area contributed by atoms with Crippen molar-refractivity contribution in [1.29, 1.82) is 0 Å². The fraction of sp³-hybridized carbons (Fsp3) is 0.333. The van der Waals surface area contributed by atoms with Gasteiger partial charge >= 0.3 is 0 Å². The standard InChI is InChI=1S/C18H20N2O4/c1-23-17-9-15(16(20(21)22)10-18(17)24-2)12-19-8-7-13-5-3-4-6-14(13)11-19/h3-6,9-10H,7-8,11-12H2,1-2H3. The highest BCUT2D eigenvalue weighted by Gasteiger charge is 2.23. The van der Waals surface area contributed by atoms with Crippen LogP contribution in [0.5, 0.6) is 11.5 Å². The Hall–Kier alpha value is -2.60. The molecule has 0 spiro atoms. The molecule has 0 saturated carbocycles. The van der Waals surface area contributed by atoms with Crippen molar-refractivity contribution < 1.29 is 14.4 Å². The van der Waals surface area contributed by atoms with Crippen LogP contribution in [-0.4, -0.2) is 30.6 Å². The molecule has 0 atom stereocenters. The van der Waals surface area contributed by atoms with Gasteiger partial charge in [-0.3, -0.25) is 15.0 Å². The first-order valence-electron chi connectivity index (χ1n) is 7.80. The molecule has 1 aliphatic heterocycles. The second-order valence-corrected chi connectivity index (χ2v) is 5.82. The zero-order chi connectivity index (χ0) is 17.1. The Bertz CT molecular complexity index is 761. The number of rotatable bonds is 5. The molecule has 0 fully saturated rings. The summed E-state index contributed by atoms with van der Waals surface area (Å²) in [6.45, 7) is 2.18. The van der Waals surface area contributed by atoms with Crippen LogP contribution in [0.25, 0.3) is 0 Å². The first kappa shape index (κ1) is 16.3. The number of fused-ring (bicyclic) bond motifs is 1. The Labute approximate surface area is 140 Å².